The first-order valence-corrected chi connectivity index (χ1v) is 3.88. The number of pyridine rings is 1. The van der Waals surface area contributed by atoms with Crippen LogP contribution >= 0.6 is 22.6 Å². The Bertz CT molecular complexity index is 275. The lowest BCUT2D eigenvalue weighted by Gasteiger charge is -2.02. The predicted octanol–water partition coefficient (Wildman–Crippen LogP) is 1.86. The molecule has 0 fully saturated rings. The van der Waals surface area contributed by atoms with Gasteiger partial charge in [0.25, 0.3) is 5.95 Å². The second-order valence-electron chi connectivity index (χ2n) is 2.04. The van der Waals surface area contributed by atoms with Crippen molar-refractivity contribution in [3.63, 3.8) is 0 Å². The Morgan fingerprint density at radius 2 is 2.00 bits per heavy atom. The Kier molecular flexibility index (Phi) is 2.26. The van der Waals surface area contributed by atoms with E-state index < -0.39 is 11.8 Å². The number of anilines is 1. The first kappa shape index (κ1) is 8.63. The van der Waals surface area contributed by atoms with Crippen LogP contribution in [0.25, 0.3) is 0 Å². The van der Waals surface area contributed by atoms with Crippen molar-refractivity contribution < 1.29 is 8.78 Å². The van der Waals surface area contributed by atoms with Gasteiger partial charge in [-0.1, -0.05) is 0 Å². The molecule has 1 aromatic rings. The fourth-order valence-electron chi connectivity index (χ4n) is 0.647. The zero-order chi connectivity index (χ0) is 8.59. The number of rotatable bonds is 0. The molecule has 5 heteroatoms. The van der Waals surface area contributed by atoms with E-state index in [2.05, 4.69) is 4.98 Å². The molecule has 0 amide bonds. The number of nitrogens with zero attached hydrogens (tertiary/aromatic N) is 1. The molecular weight excluding hydrogens is 265 g/mol. The third-order valence-corrected chi connectivity index (χ3v) is 2.64. The summed E-state index contributed by atoms with van der Waals surface area (Å²) in [5, 5.41) is 0. The fraction of sp³-hybridized carbons (Fsp3) is 0.167. The molecule has 60 valence electrons. The fourth-order valence-corrected chi connectivity index (χ4v) is 1.00. The third-order valence-electron chi connectivity index (χ3n) is 1.28. The van der Waals surface area contributed by atoms with E-state index in [1.807, 2.05) is 22.6 Å². The van der Waals surface area contributed by atoms with E-state index in [9.17, 15) is 8.78 Å². The molecule has 2 nitrogen and oxygen atoms in total. The molecule has 0 radical (unpaired) electrons. The average molecular weight is 270 g/mol. The predicted molar refractivity (Wildman–Crippen MR) is 46.0 cm³/mol. The lowest BCUT2D eigenvalue weighted by Crippen LogP contribution is -2.03. The van der Waals surface area contributed by atoms with Crippen LogP contribution < -0.4 is 5.73 Å². The third kappa shape index (κ3) is 1.42. The quantitative estimate of drug-likeness (QED) is 0.577. The highest BCUT2D eigenvalue weighted by atomic mass is 127. The highest BCUT2D eigenvalue weighted by Crippen LogP contribution is 2.20. The molecule has 0 aliphatic carbocycles. The summed E-state index contributed by atoms with van der Waals surface area (Å²) >= 11 is 1.82. The van der Waals surface area contributed by atoms with E-state index in [4.69, 9.17) is 5.73 Å². The van der Waals surface area contributed by atoms with Gasteiger partial charge in [0.15, 0.2) is 5.82 Å². The molecule has 0 bridgehead atoms. The zero-order valence-corrected chi connectivity index (χ0v) is 7.82. The molecule has 0 aliphatic rings. The van der Waals surface area contributed by atoms with E-state index in [1.165, 1.54) is 6.92 Å². The van der Waals surface area contributed by atoms with Gasteiger partial charge in [-0.15, -0.1) is 0 Å². The van der Waals surface area contributed by atoms with Crippen LogP contribution in [-0.4, -0.2) is 4.98 Å². The van der Waals surface area contributed by atoms with E-state index in [1.54, 1.807) is 0 Å². The number of nitrogens with two attached hydrogens (primary N) is 1. The molecule has 0 saturated heterocycles. The normalized spacial score (nSPS) is 10.2. The van der Waals surface area contributed by atoms with Crippen molar-refractivity contribution in [2.75, 3.05) is 5.73 Å². The second kappa shape index (κ2) is 2.88. The summed E-state index contributed by atoms with van der Waals surface area (Å²) in [6.45, 7) is 1.46. The van der Waals surface area contributed by atoms with Gasteiger partial charge in [-0.2, -0.15) is 9.37 Å². The topological polar surface area (TPSA) is 38.9 Å². The highest BCUT2D eigenvalue weighted by Gasteiger charge is 2.12. The van der Waals surface area contributed by atoms with Crippen LogP contribution in [0.5, 0.6) is 0 Å². The molecule has 0 saturated carbocycles. The number of nitrogen functional groups attached to an aromatic ring is 1. The van der Waals surface area contributed by atoms with Crippen molar-refractivity contribution in [3.05, 3.63) is 20.9 Å². The summed E-state index contributed by atoms with van der Waals surface area (Å²) in [6, 6.07) is 0. The van der Waals surface area contributed by atoms with E-state index in [0.29, 0.717) is 3.57 Å². The number of halogens is 3. The number of hydrogen-bond acceptors (Lipinski definition) is 2. The maximum atomic E-state index is 12.7. The summed E-state index contributed by atoms with van der Waals surface area (Å²) in [5.41, 5.74) is 5.47. The van der Waals surface area contributed by atoms with Gasteiger partial charge in [0.2, 0.25) is 0 Å². The Hall–Kier alpha value is -0.460. The van der Waals surface area contributed by atoms with Crippen LogP contribution in [0.4, 0.5) is 14.6 Å². The first-order valence-electron chi connectivity index (χ1n) is 2.80. The van der Waals surface area contributed by atoms with Crippen molar-refractivity contribution in [2.45, 2.75) is 6.92 Å². The maximum absolute atomic E-state index is 12.7. The molecule has 0 unspecified atom stereocenters. The highest BCUT2D eigenvalue weighted by molar-refractivity contribution is 14.1. The van der Waals surface area contributed by atoms with Gasteiger partial charge in [-0.05, 0) is 29.5 Å². The minimum atomic E-state index is -1.14. The minimum absolute atomic E-state index is 0.0296. The summed E-state index contributed by atoms with van der Waals surface area (Å²) in [4.78, 5) is 3.16. The van der Waals surface area contributed by atoms with Crippen molar-refractivity contribution >= 4 is 28.4 Å². The monoisotopic (exact) mass is 270 g/mol. The lowest BCUT2D eigenvalue weighted by atomic mass is 10.3. The van der Waals surface area contributed by atoms with Gasteiger partial charge in [0, 0.05) is 5.56 Å². The molecule has 1 aromatic heterocycles. The van der Waals surface area contributed by atoms with Gasteiger partial charge in [-0.25, -0.2) is 4.39 Å². The second-order valence-corrected chi connectivity index (χ2v) is 3.12. The average Bonchev–Trinajstić information content (AvgIpc) is 1.97. The van der Waals surface area contributed by atoms with Crippen LogP contribution in [0.1, 0.15) is 5.56 Å². The summed E-state index contributed by atoms with van der Waals surface area (Å²) in [7, 11) is 0. The van der Waals surface area contributed by atoms with Crippen LogP contribution in [0.2, 0.25) is 0 Å². The van der Waals surface area contributed by atoms with Gasteiger partial charge in [-0.3, -0.25) is 0 Å². The molecule has 2 N–H and O–H groups in total. The molecule has 11 heavy (non-hydrogen) atoms. The molecule has 0 aliphatic heterocycles. The SMILES string of the molecule is Cc1c(F)c(F)nc(N)c1I. The standard InChI is InChI=1S/C6H5F2IN2/c1-2-3(7)5(8)11-6(10)4(2)9/h1H3,(H2,10,11). The number of hydrogen-bond donors (Lipinski definition) is 1. The van der Waals surface area contributed by atoms with Gasteiger partial charge in [0.1, 0.15) is 5.82 Å². The van der Waals surface area contributed by atoms with Crippen LogP contribution in [0.15, 0.2) is 0 Å². The van der Waals surface area contributed by atoms with Gasteiger partial charge < -0.3 is 5.73 Å². The molecule has 1 heterocycles. The van der Waals surface area contributed by atoms with E-state index >= 15 is 0 Å². The number of aromatic nitrogens is 1. The minimum Gasteiger partial charge on any atom is -0.383 e. The Morgan fingerprint density at radius 3 is 2.55 bits per heavy atom. The van der Waals surface area contributed by atoms with Crippen molar-refractivity contribution in [1.29, 1.82) is 0 Å². The molecule has 0 atom stereocenters. The van der Waals surface area contributed by atoms with Crippen LogP contribution in [-0.2, 0) is 0 Å². The Labute approximate surface area is 75.9 Å². The van der Waals surface area contributed by atoms with Gasteiger partial charge in [0.05, 0.1) is 3.57 Å². The summed E-state index contributed by atoms with van der Waals surface area (Å²) in [6.07, 6.45) is 0. The van der Waals surface area contributed by atoms with Crippen molar-refractivity contribution in [3.8, 4) is 0 Å². The van der Waals surface area contributed by atoms with Crippen molar-refractivity contribution in [2.24, 2.45) is 0 Å². The Morgan fingerprint density at radius 1 is 1.45 bits per heavy atom. The molecule has 0 aromatic carbocycles. The Balaban J connectivity index is 3.46. The smallest absolute Gasteiger partial charge is 0.251 e. The molecule has 1 rings (SSSR count). The maximum Gasteiger partial charge on any atom is 0.251 e. The van der Waals surface area contributed by atoms with Gasteiger partial charge >= 0.3 is 0 Å². The zero-order valence-electron chi connectivity index (χ0n) is 5.66. The largest absolute Gasteiger partial charge is 0.383 e. The van der Waals surface area contributed by atoms with Crippen molar-refractivity contribution in [1.82, 2.24) is 4.98 Å². The lowest BCUT2D eigenvalue weighted by molar-refractivity contribution is 0.474. The van der Waals surface area contributed by atoms with E-state index in [0.717, 1.165) is 0 Å². The molecular formula is C6H5F2IN2. The van der Waals surface area contributed by atoms with E-state index in [-0.39, 0.29) is 11.4 Å². The summed E-state index contributed by atoms with van der Waals surface area (Å²) in [5.74, 6) is -2.04. The first-order chi connectivity index (χ1) is 5.04. The molecule has 0 spiro atoms. The van der Waals surface area contributed by atoms with Crippen LogP contribution in [0.3, 0.4) is 0 Å². The van der Waals surface area contributed by atoms with Crippen LogP contribution in [0, 0.1) is 22.3 Å². The summed E-state index contributed by atoms with van der Waals surface area (Å²) < 4.78 is 25.6.